The molecule has 0 atom stereocenters. The molecule has 0 aliphatic carbocycles. The van der Waals surface area contributed by atoms with Crippen molar-refractivity contribution in [2.75, 3.05) is 31.4 Å². The van der Waals surface area contributed by atoms with E-state index in [-0.39, 0.29) is 32.2 Å². The fraction of sp³-hybridized carbons (Fsp3) is 0.450. The summed E-state index contributed by atoms with van der Waals surface area (Å²) in [4.78, 5) is 28.0. The maximum absolute atomic E-state index is 13.0. The van der Waals surface area contributed by atoms with Gasteiger partial charge in [-0.3, -0.25) is 9.69 Å². The summed E-state index contributed by atoms with van der Waals surface area (Å²) in [5.74, 6) is 5.23. The molecule has 0 aromatic carbocycles. The van der Waals surface area contributed by atoms with Crippen LogP contribution in [0, 0.1) is 11.8 Å². The van der Waals surface area contributed by atoms with Crippen LogP contribution in [0.1, 0.15) is 12.0 Å². The highest BCUT2D eigenvalue weighted by molar-refractivity contribution is 6.76. The predicted octanol–water partition coefficient (Wildman–Crippen LogP) is 2.15. The Morgan fingerprint density at radius 1 is 1.31 bits per heavy atom. The Hall–Kier alpha value is -2.67. The average molecular weight is 415 g/mol. The number of pyridine rings is 1. The molecule has 29 heavy (non-hydrogen) atoms. The van der Waals surface area contributed by atoms with Crippen LogP contribution in [0.2, 0.25) is 25.7 Å². The molecule has 0 unspecified atom stereocenters. The van der Waals surface area contributed by atoms with Crippen molar-refractivity contribution in [1.29, 1.82) is 0 Å². The standard InChI is InChI=1S/C20H26N4O4Si/c1-29(2,3)12-11-28-15-23-19(26)7-8-22(20(23)27)18-14-21-24-9-6-16(5-4-10-25)13-17(18)24/h6,9,13-14,25H,7-8,10-12,15H2,1-3H3. The van der Waals surface area contributed by atoms with Crippen LogP contribution in [-0.2, 0) is 9.53 Å². The molecule has 0 saturated carbocycles. The maximum Gasteiger partial charge on any atom is 0.333 e. The number of urea groups is 1. The second-order valence-electron chi connectivity index (χ2n) is 8.09. The van der Waals surface area contributed by atoms with Crippen molar-refractivity contribution in [3.05, 3.63) is 30.1 Å². The number of nitrogens with zero attached hydrogens (tertiary/aromatic N) is 4. The van der Waals surface area contributed by atoms with Gasteiger partial charge in [-0.2, -0.15) is 5.10 Å². The molecule has 1 saturated heterocycles. The molecule has 0 spiro atoms. The Kier molecular flexibility index (Phi) is 6.37. The summed E-state index contributed by atoms with van der Waals surface area (Å²) in [6, 6.07) is 4.16. The molecular weight excluding hydrogens is 388 g/mol. The molecule has 2 aromatic rings. The molecule has 1 N–H and O–H groups in total. The number of ether oxygens (including phenoxy) is 1. The van der Waals surface area contributed by atoms with E-state index in [9.17, 15) is 9.59 Å². The lowest BCUT2D eigenvalue weighted by atomic mass is 10.2. The van der Waals surface area contributed by atoms with Crippen LogP contribution in [0.15, 0.2) is 24.5 Å². The van der Waals surface area contributed by atoms with Gasteiger partial charge in [0.25, 0.3) is 0 Å². The number of aliphatic hydroxyl groups excluding tert-OH is 1. The highest BCUT2D eigenvalue weighted by atomic mass is 28.3. The van der Waals surface area contributed by atoms with E-state index in [4.69, 9.17) is 9.84 Å². The van der Waals surface area contributed by atoms with E-state index < -0.39 is 14.1 Å². The van der Waals surface area contributed by atoms with Crippen LogP contribution in [0.3, 0.4) is 0 Å². The molecule has 1 aliphatic rings. The minimum atomic E-state index is -1.24. The fourth-order valence-electron chi connectivity index (χ4n) is 2.97. The summed E-state index contributed by atoms with van der Waals surface area (Å²) in [7, 11) is -1.24. The van der Waals surface area contributed by atoms with E-state index in [0.29, 0.717) is 23.4 Å². The second kappa shape index (κ2) is 8.78. The van der Waals surface area contributed by atoms with E-state index in [1.807, 2.05) is 6.07 Å². The number of aliphatic hydroxyl groups is 1. The number of hydrogen-bond donors (Lipinski definition) is 1. The number of rotatable bonds is 6. The first-order valence-electron chi connectivity index (χ1n) is 9.57. The Morgan fingerprint density at radius 3 is 2.83 bits per heavy atom. The second-order valence-corrected chi connectivity index (χ2v) is 13.7. The van der Waals surface area contributed by atoms with Crippen molar-refractivity contribution in [1.82, 2.24) is 14.5 Å². The summed E-state index contributed by atoms with van der Waals surface area (Å²) >= 11 is 0. The van der Waals surface area contributed by atoms with Crippen molar-refractivity contribution in [3.8, 4) is 11.8 Å². The third kappa shape index (κ3) is 5.03. The van der Waals surface area contributed by atoms with Crippen molar-refractivity contribution in [2.24, 2.45) is 0 Å². The predicted molar refractivity (Wildman–Crippen MR) is 112 cm³/mol. The summed E-state index contributed by atoms with van der Waals surface area (Å²) in [5, 5.41) is 13.2. The first-order valence-corrected chi connectivity index (χ1v) is 13.3. The summed E-state index contributed by atoms with van der Waals surface area (Å²) in [5.41, 5.74) is 2.03. The fourth-order valence-corrected chi connectivity index (χ4v) is 3.73. The van der Waals surface area contributed by atoms with Gasteiger partial charge < -0.3 is 9.84 Å². The van der Waals surface area contributed by atoms with Gasteiger partial charge in [0.05, 0.1) is 17.4 Å². The molecule has 154 valence electrons. The number of carbonyl (C=O) groups is 2. The maximum atomic E-state index is 13.0. The Labute approximate surface area is 171 Å². The zero-order valence-corrected chi connectivity index (χ0v) is 18.0. The zero-order chi connectivity index (χ0) is 21.0. The summed E-state index contributed by atoms with van der Waals surface area (Å²) in [6.07, 6.45) is 3.58. The summed E-state index contributed by atoms with van der Waals surface area (Å²) < 4.78 is 7.29. The van der Waals surface area contributed by atoms with Gasteiger partial charge in [0.2, 0.25) is 5.91 Å². The number of anilines is 1. The monoisotopic (exact) mass is 414 g/mol. The van der Waals surface area contributed by atoms with Gasteiger partial charge in [0, 0.05) is 39.4 Å². The van der Waals surface area contributed by atoms with Crippen molar-refractivity contribution >= 4 is 31.2 Å². The van der Waals surface area contributed by atoms with Crippen molar-refractivity contribution in [2.45, 2.75) is 32.1 Å². The SMILES string of the molecule is C[Si](C)(C)CCOCN1C(=O)CCN(c2cnn3ccc(C#CCO)cc23)C1=O. The lowest BCUT2D eigenvalue weighted by Crippen LogP contribution is -2.53. The molecule has 9 heteroatoms. The largest absolute Gasteiger partial charge is 0.384 e. The number of hydrogen-bond acceptors (Lipinski definition) is 5. The van der Waals surface area contributed by atoms with E-state index in [1.165, 1.54) is 0 Å². The number of amides is 3. The van der Waals surface area contributed by atoms with E-state index in [2.05, 4.69) is 36.6 Å². The Morgan fingerprint density at radius 2 is 2.10 bits per heavy atom. The molecule has 1 fully saturated rings. The lowest BCUT2D eigenvalue weighted by molar-refractivity contribution is -0.133. The van der Waals surface area contributed by atoms with Crippen LogP contribution in [0.25, 0.3) is 5.52 Å². The van der Waals surface area contributed by atoms with E-state index in [1.54, 1.807) is 27.9 Å². The Bertz CT molecular complexity index is 970. The van der Waals surface area contributed by atoms with Crippen molar-refractivity contribution in [3.63, 3.8) is 0 Å². The van der Waals surface area contributed by atoms with Gasteiger partial charge in [-0.15, -0.1) is 0 Å². The highest BCUT2D eigenvalue weighted by Crippen LogP contribution is 2.26. The molecule has 2 aromatic heterocycles. The average Bonchev–Trinajstić information content (AvgIpc) is 3.08. The van der Waals surface area contributed by atoms with E-state index >= 15 is 0 Å². The van der Waals surface area contributed by atoms with Gasteiger partial charge in [0.15, 0.2) is 0 Å². The third-order valence-electron chi connectivity index (χ3n) is 4.63. The number of fused-ring (bicyclic) bond motifs is 1. The number of carbonyl (C=O) groups excluding carboxylic acids is 2. The molecule has 3 rings (SSSR count). The van der Waals surface area contributed by atoms with Gasteiger partial charge in [0.1, 0.15) is 13.3 Å². The quantitative estimate of drug-likeness (QED) is 0.445. The Balaban J connectivity index is 1.78. The van der Waals surface area contributed by atoms with E-state index in [0.717, 1.165) is 10.9 Å². The van der Waals surface area contributed by atoms with Gasteiger partial charge in [-0.05, 0) is 18.2 Å². The lowest BCUT2D eigenvalue weighted by Gasteiger charge is -2.33. The smallest absolute Gasteiger partial charge is 0.333 e. The van der Waals surface area contributed by atoms with Gasteiger partial charge in [-0.25, -0.2) is 14.2 Å². The number of imide groups is 1. The minimum absolute atomic E-state index is 0.0366. The van der Waals surface area contributed by atoms with Crippen LogP contribution in [-0.4, -0.2) is 66.1 Å². The highest BCUT2D eigenvalue weighted by Gasteiger charge is 2.34. The van der Waals surface area contributed by atoms with Gasteiger partial charge >= 0.3 is 6.03 Å². The van der Waals surface area contributed by atoms with Crippen LogP contribution in [0.4, 0.5) is 10.5 Å². The molecule has 0 radical (unpaired) electrons. The topological polar surface area (TPSA) is 87.4 Å². The first kappa shape index (κ1) is 21.0. The molecule has 0 bridgehead atoms. The summed E-state index contributed by atoms with van der Waals surface area (Å²) in [6.45, 7) is 7.31. The molecule has 8 nitrogen and oxygen atoms in total. The number of aromatic nitrogens is 2. The normalized spacial score (nSPS) is 15.0. The van der Waals surface area contributed by atoms with Crippen LogP contribution < -0.4 is 4.90 Å². The van der Waals surface area contributed by atoms with Gasteiger partial charge in [-0.1, -0.05) is 31.5 Å². The molecule has 1 aliphatic heterocycles. The molecule has 3 amide bonds. The van der Waals surface area contributed by atoms with Crippen LogP contribution >= 0.6 is 0 Å². The molecular formula is C20H26N4O4Si. The third-order valence-corrected chi connectivity index (χ3v) is 6.34. The first-order chi connectivity index (χ1) is 13.8. The molecule has 3 heterocycles. The zero-order valence-electron chi connectivity index (χ0n) is 17.0. The van der Waals surface area contributed by atoms with Crippen molar-refractivity contribution < 1.29 is 19.4 Å². The minimum Gasteiger partial charge on any atom is -0.384 e. The van der Waals surface area contributed by atoms with Crippen LogP contribution in [0.5, 0.6) is 0 Å².